The highest BCUT2D eigenvalue weighted by atomic mass is 32.1. The van der Waals surface area contributed by atoms with E-state index in [-0.39, 0.29) is 12.1 Å². The molecule has 0 saturated heterocycles. The van der Waals surface area contributed by atoms with E-state index >= 15 is 0 Å². The predicted octanol–water partition coefficient (Wildman–Crippen LogP) is 3.44. The Morgan fingerprint density at radius 1 is 1.11 bits per heavy atom. The summed E-state index contributed by atoms with van der Waals surface area (Å²) in [6.07, 6.45) is 1.81. The molecule has 0 amide bonds. The number of aromatic nitrogens is 2. The van der Waals surface area contributed by atoms with E-state index in [4.69, 9.17) is 5.26 Å². The first-order valence-electron chi connectivity index (χ1n) is 9.01. The number of nitrogens with zero attached hydrogens (tertiary/aromatic N) is 2. The fraction of sp³-hybridized carbons (Fsp3) is 0.136. The molecule has 0 atom stereocenters. The zero-order valence-electron chi connectivity index (χ0n) is 14.9. The van der Waals surface area contributed by atoms with Crippen LogP contribution in [0.25, 0.3) is 21.3 Å². The van der Waals surface area contributed by atoms with Gasteiger partial charge in [0.05, 0.1) is 23.6 Å². The number of fused-ring (bicyclic) bond motifs is 5. The Kier molecular flexibility index (Phi) is 3.78. The molecule has 6 heteroatoms. The molecule has 1 aliphatic carbocycles. The molecule has 1 N–H and O–H groups in total. The second kappa shape index (κ2) is 6.32. The Bertz CT molecular complexity index is 1400. The van der Waals surface area contributed by atoms with Crippen molar-refractivity contribution in [2.75, 3.05) is 0 Å². The predicted molar refractivity (Wildman–Crippen MR) is 110 cm³/mol. The normalized spacial score (nSPS) is 12.4. The average molecular weight is 385 g/mol. The van der Waals surface area contributed by atoms with Crippen molar-refractivity contribution in [2.24, 2.45) is 0 Å². The number of aromatic amines is 1. The minimum absolute atomic E-state index is 0.131. The lowest BCUT2D eigenvalue weighted by Gasteiger charge is -2.16. The summed E-state index contributed by atoms with van der Waals surface area (Å²) < 4.78 is 1.23. The highest BCUT2D eigenvalue weighted by Crippen LogP contribution is 2.41. The molecule has 0 radical (unpaired) electrons. The molecule has 2 aromatic heterocycles. The molecule has 0 unspecified atom stereocenters. The van der Waals surface area contributed by atoms with E-state index in [1.54, 1.807) is 18.2 Å². The summed E-state index contributed by atoms with van der Waals surface area (Å²) in [6.45, 7) is 0.131. The van der Waals surface area contributed by atoms with Crippen molar-refractivity contribution in [3.63, 3.8) is 0 Å². The molecule has 4 aromatic rings. The van der Waals surface area contributed by atoms with E-state index in [9.17, 15) is 9.59 Å². The van der Waals surface area contributed by atoms with Gasteiger partial charge in [0.15, 0.2) is 0 Å². The van der Waals surface area contributed by atoms with E-state index < -0.39 is 5.69 Å². The van der Waals surface area contributed by atoms with Gasteiger partial charge in [0.2, 0.25) is 0 Å². The van der Waals surface area contributed by atoms with Crippen molar-refractivity contribution >= 4 is 21.6 Å². The smallest absolute Gasteiger partial charge is 0.298 e. The second-order valence-corrected chi connectivity index (χ2v) is 8.00. The van der Waals surface area contributed by atoms with Gasteiger partial charge in [-0.25, -0.2) is 4.79 Å². The molecule has 1 aliphatic rings. The van der Waals surface area contributed by atoms with Crippen LogP contribution in [0.15, 0.2) is 58.1 Å². The number of hydrogen-bond donors (Lipinski definition) is 1. The van der Waals surface area contributed by atoms with Gasteiger partial charge < -0.3 is 0 Å². The fourth-order valence-electron chi connectivity index (χ4n) is 3.92. The summed E-state index contributed by atoms with van der Waals surface area (Å²) in [5.41, 5.74) is 3.82. The summed E-state index contributed by atoms with van der Waals surface area (Å²) in [4.78, 5) is 30.6. The highest BCUT2D eigenvalue weighted by molar-refractivity contribution is 7.19. The number of benzene rings is 2. The van der Waals surface area contributed by atoms with Gasteiger partial charge in [0.1, 0.15) is 4.83 Å². The van der Waals surface area contributed by atoms with Crippen LogP contribution in [0.4, 0.5) is 0 Å². The second-order valence-electron chi connectivity index (χ2n) is 6.90. The van der Waals surface area contributed by atoms with Gasteiger partial charge in [0, 0.05) is 10.4 Å². The maximum Gasteiger partial charge on any atom is 0.329 e. The van der Waals surface area contributed by atoms with E-state index in [2.05, 4.69) is 17.1 Å². The number of thiophene rings is 1. The molecule has 0 fully saturated rings. The van der Waals surface area contributed by atoms with Crippen LogP contribution < -0.4 is 11.2 Å². The lowest BCUT2D eigenvalue weighted by atomic mass is 9.89. The Balaban J connectivity index is 1.74. The van der Waals surface area contributed by atoms with Gasteiger partial charge in [0.25, 0.3) is 5.56 Å². The Morgan fingerprint density at radius 2 is 1.96 bits per heavy atom. The van der Waals surface area contributed by atoms with E-state index in [1.807, 2.05) is 24.3 Å². The van der Waals surface area contributed by atoms with Gasteiger partial charge in [-0.1, -0.05) is 36.4 Å². The third kappa shape index (κ3) is 2.52. The van der Waals surface area contributed by atoms with Crippen molar-refractivity contribution in [3.8, 4) is 17.2 Å². The molecule has 28 heavy (non-hydrogen) atoms. The Labute approximate surface area is 164 Å². The first-order valence-corrected chi connectivity index (χ1v) is 9.83. The van der Waals surface area contributed by atoms with Gasteiger partial charge in [-0.05, 0) is 41.7 Å². The van der Waals surface area contributed by atoms with E-state index in [1.165, 1.54) is 21.5 Å². The lowest BCUT2D eigenvalue weighted by molar-refractivity contribution is 0.713. The van der Waals surface area contributed by atoms with Crippen LogP contribution in [0.2, 0.25) is 0 Å². The number of nitriles is 1. The molecular weight excluding hydrogens is 370 g/mol. The summed E-state index contributed by atoms with van der Waals surface area (Å²) in [5.74, 6) is 0. The minimum Gasteiger partial charge on any atom is -0.298 e. The van der Waals surface area contributed by atoms with Crippen molar-refractivity contribution in [2.45, 2.75) is 19.4 Å². The zero-order valence-corrected chi connectivity index (χ0v) is 15.7. The van der Waals surface area contributed by atoms with Crippen LogP contribution in [0.5, 0.6) is 0 Å². The van der Waals surface area contributed by atoms with Gasteiger partial charge in [-0.15, -0.1) is 11.3 Å². The van der Waals surface area contributed by atoms with Crippen LogP contribution in [0.1, 0.15) is 21.6 Å². The third-order valence-corrected chi connectivity index (χ3v) is 6.38. The molecule has 5 nitrogen and oxygen atoms in total. The van der Waals surface area contributed by atoms with Gasteiger partial charge in [-0.2, -0.15) is 5.26 Å². The van der Waals surface area contributed by atoms with Crippen molar-refractivity contribution < 1.29 is 0 Å². The van der Waals surface area contributed by atoms with Crippen LogP contribution >= 0.6 is 11.3 Å². The number of H-pyrrole nitrogens is 1. The van der Waals surface area contributed by atoms with Crippen molar-refractivity contribution in [1.82, 2.24) is 9.55 Å². The molecule has 2 aromatic carbocycles. The highest BCUT2D eigenvalue weighted by Gasteiger charge is 2.24. The number of nitrogens with one attached hydrogen (secondary N) is 1. The molecular formula is C22H15N3O2S. The number of aryl methyl sites for hydroxylation is 2. The minimum atomic E-state index is -0.424. The Morgan fingerprint density at radius 3 is 2.82 bits per heavy atom. The number of rotatable bonds is 2. The van der Waals surface area contributed by atoms with Crippen LogP contribution in [0.3, 0.4) is 0 Å². The van der Waals surface area contributed by atoms with Gasteiger partial charge >= 0.3 is 5.69 Å². The van der Waals surface area contributed by atoms with E-state index in [0.717, 1.165) is 34.4 Å². The third-order valence-electron chi connectivity index (χ3n) is 5.21. The molecule has 2 heterocycles. The van der Waals surface area contributed by atoms with Crippen LogP contribution in [-0.4, -0.2) is 9.55 Å². The maximum absolute atomic E-state index is 13.3. The summed E-state index contributed by atoms with van der Waals surface area (Å²) in [5, 5.41) is 9.68. The Hall–Kier alpha value is -3.43. The maximum atomic E-state index is 13.3. The SMILES string of the molecule is N#Cc1cccc(Cn2c(=O)[nH]c3sc4c(c3c2=O)-c2ccccc2CC4)c1. The topological polar surface area (TPSA) is 78.7 Å². The molecule has 5 rings (SSSR count). The summed E-state index contributed by atoms with van der Waals surface area (Å²) in [6, 6.07) is 17.2. The molecule has 0 aliphatic heterocycles. The molecule has 0 bridgehead atoms. The van der Waals surface area contributed by atoms with Crippen molar-refractivity contribution in [1.29, 1.82) is 5.26 Å². The monoisotopic (exact) mass is 385 g/mol. The lowest BCUT2D eigenvalue weighted by Crippen LogP contribution is -2.35. The zero-order chi connectivity index (χ0) is 19.3. The number of hydrogen-bond acceptors (Lipinski definition) is 4. The molecule has 0 saturated carbocycles. The fourth-order valence-corrected chi connectivity index (χ4v) is 5.11. The van der Waals surface area contributed by atoms with Crippen LogP contribution in [-0.2, 0) is 19.4 Å². The standard InChI is InChI=1S/C22H15N3O2S/c23-11-13-4-3-5-14(10-13)12-25-21(26)19-18-16-7-2-1-6-15(16)8-9-17(18)28-20(19)24-22(25)27/h1-7,10H,8-9,12H2,(H,24,27). The first-order chi connectivity index (χ1) is 13.7. The quantitative estimate of drug-likeness (QED) is 0.574. The van der Waals surface area contributed by atoms with Crippen molar-refractivity contribution in [3.05, 3.63) is 90.9 Å². The summed E-state index contributed by atoms with van der Waals surface area (Å²) >= 11 is 1.50. The molecule has 136 valence electrons. The van der Waals surface area contributed by atoms with Crippen LogP contribution in [0, 0.1) is 11.3 Å². The summed E-state index contributed by atoms with van der Waals surface area (Å²) in [7, 11) is 0. The average Bonchev–Trinajstić information content (AvgIpc) is 3.10. The van der Waals surface area contributed by atoms with Gasteiger partial charge in [-0.3, -0.25) is 14.3 Å². The molecule has 0 spiro atoms. The first kappa shape index (κ1) is 16.7. The van der Waals surface area contributed by atoms with E-state index in [0.29, 0.717) is 15.8 Å². The largest absolute Gasteiger partial charge is 0.329 e.